The van der Waals surface area contributed by atoms with E-state index < -0.39 is 6.10 Å². The number of rotatable bonds is 3. The lowest BCUT2D eigenvalue weighted by Gasteiger charge is -2.39. The Hall–Kier alpha value is -0.770. The zero-order chi connectivity index (χ0) is 14.8. The van der Waals surface area contributed by atoms with Crippen LogP contribution in [0.15, 0.2) is 18.2 Å². The maximum absolute atomic E-state index is 9.63. The molecule has 1 aromatic rings. The molecule has 0 aromatic heterocycles. The van der Waals surface area contributed by atoms with Crippen LogP contribution in [0.25, 0.3) is 0 Å². The van der Waals surface area contributed by atoms with Gasteiger partial charge in [0.2, 0.25) is 0 Å². The number of aliphatic hydroxyl groups is 1. The van der Waals surface area contributed by atoms with E-state index in [1.54, 1.807) is 6.92 Å². The second kappa shape index (κ2) is 6.55. The summed E-state index contributed by atoms with van der Waals surface area (Å²) < 4.78 is 0. The van der Waals surface area contributed by atoms with Crippen molar-refractivity contribution in [3.05, 3.63) is 28.8 Å². The Balaban J connectivity index is 1.63. The zero-order valence-corrected chi connectivity index (χ0v) is 13.5. The van der Waals surface area contributed by atoms with Crippen molar-refractivity contribution in [1.29, 1.82) is 0 Å². The predicted molar refractivity (Wildman–Crippen MR) is 88.1 cm³/mol. The molecule has 1 aliphatic heterocycles. The molecule has 116 valence electrons. The van der Waals surface area contributed by atoms with Crippen molar-refractivity contribution in [3.63, 3.8) is 0 Å². The second-order valence-corrected chi connectivity index (χ2v) is 6.76. The van der Waals surface area contributed by atoms with Gasteiger partial charge in [0, 0.05) is 32.2 Å². The summed E-state index contributed by atoms with van der Waals surface area (Å²) >= 11 is 6.40. The summed E-state index contributed by atoms with van der Waals surface area (Å²) in [6.07, 6.45) is 5.10. The Labute approximate surface area is 132 Å². The fourth-order valence-electron chi connectivity index (χ4n) is 3.64. The van der Waals surface area contributed by atoms with E-state index in [4.69, 9.17) is 11.6 Å². The van der Waals surface area contributed by atoms with E-state index in [2.05, 4.69) is 15.9 Å². The Morgan fingerprint density at radius 2 is 1.81 bits per heavy atom. The third-order valence-electron chi connectivity index (χ3n) is 4.95. The SMILES string of the molecule is CC(O)c1ccc(N2CCN(C3CCCC3)CC2)c(Cl)c1. The van der Waals surface area contributed by atoms with Crippen LogP contribution in [-0.2, 0) is 0 Å². The minimum Gasteiger partial charge on any atom is -0.389 e. The first-order valence-corrected chi connectivity index (χ1v) is 8.49. The molecular formula is C17H25ClN2O. The summed E-state index contributed by atoms with van der Waals surface area (Å²) in [7, 11) is 0. The molecule has 1 saturated heterocycles. The molecule has 21 heavy (non-hydrogen) atoms. The lowest BCUT2D eigenvalue weighted by Crippen LogP contribution is -2.49. The van der Waals surface area contributed by atoms with Crippen molar-refractivity contribution in [2.45, 2.75) is 44.8 Å². The van der Waals surface area contributed by atoms with E-state index in [1.165, 1.54) is 25.7 Å². The smallest absolute Gasteiger partial charge is 0.0762 e. The number of nitrogens with zero attached hydrogens (tertiary/aromatic N) is 2. The minimum atomic E-state index is -0.462. The minimum absolute atomic E-state index is 0.462. The van der Waals surface area contributed by atoms with Crippen molar-refractivity contribution in [2.24, 2.45) is 0 Å². The summed E-state index contributed by atoms with van der Waals surface area (Å²) in [6, 6.07) is 6.75. The number of hydrogen-bond donors (Lipinski definition) is 1. The van der Waals surface area contributed by atoms with Crippen LogP contribution in [0.4, 0.5) is 5.69 Å². The van der Waals surface area contributed by atoms with Gasteiger partial charge in [-0.05, 0) is 37.5 Å². The fraction of sp³-hybridized carbons (Fsp3) is 0.647. The van der Waals surface area contributed by atoms with E-state index in [-0.39, 0.29) is 0 Å². The van der Waals surface area contributed by atoms with Crippen LogP contribution in [0.5, 0.6) is 0 Å². The molecule has 2 aliphatic rings. The van der Waals surface area contributed by atoms with Gasteiger partial charge in [0.25, 0.3) is 0 Å². The quantitative estimate of drug-likeness (QED) is 0.926. The van der Waals surface area contributed by atoms with Crippen LogP contribution >= 0.6 is 11.6 Å². The molecule has 1 aromatic carbocycles. The Morgan fingerprint density at radius 3 is 2.38 bits per heavy atom. The lowest BCUT2D eigenvalue weighted by atomic mass is 10.1. The molecule has 2 fully saturated rings. The van der Waals surface area contributed by atoms with Gasteiger partial charge in [0.05, 0.1) is 16.8 Å². The molecule has 1 atom stereocenters. The number of hydrogen-bond acceptors (Lipinski definition) is 3. The summed E-state index contributed by atoms with van der Waals surface area (Å²) in [5.41, 5.74) is 1.99. The molecule has 1 unspecified atom stereocenters. The molecule has 0 amide bonds. The van der Waals surface area contributed by atoms with Crippen LogP contribution < -0.4 is 4.90 Å². The molecule has 1 saturated carbocycles. The number of benzene rings is 1. The van der Waals surface area contributed by atoms with E-state index in [0.717, 1.165) is 48.5 Å². The van der Waals surface area contributed by atoms with Gasteiger partial charge in [-0.15, -0.1) is 0 Å². The first-order valence-electron chi connectivity index (χ1n) is 8.11. The van der Waals surface area contributed by atoms with Gasteiger partial charge in [-0.1, -0.05) is 30.5 Å². The highest BCUT2D eigenvalue weighted by Gasteiger charge is 2.26. The van der Waals surface area contributed by atoms with Gasteiger partial charge in [-0.25, -0.2) is 0 Å². The van der Waals surface area contributed by atoms with Crippen LogP contribution in [0.3, 0.4) is 0 Å². The average Bonchev–Trinajstić information content (AvgIpc) is 3.01. The lowest BCUT2D eigenvalue weighted by molar-refractivity contribution is 0.187. The summed E-state index contributed by atoms with van der Waals surface area (Å²) in [6.45, 7) is 6.14. The highest BCUT2D eigenvalue weighted by atomic mass is 35.5. The van der Waals surface area contributed by atoms with Crippen molar-refractivity contribution < 1.29 is 5.11 Å². The molecule has 4 heteroatoms. The topological polar surface area (TPSA) is 26.7 Å². The van der Waals surface area contributed by atoms with E-state index in [9.17, 15) is 5.11 Å². The monoisotopic (exact) mass is 308 g/mol. The first kappa shape index (κ1) is 15.1. The predicted octanol–water partition coefficient (Wildman–Crippen LogP) is 3.46. The molecule has 3 rings (SSSR count). The van der Waals surface area contributed by atoms with E-state index in [0.29, 0.717) is 0 Å². The average molecular weight is 309 g/mol. The molecule has 3 nitrogen and oxygen atoms in total. The molecule has 1 heterocycles. The Morgan fingerprint density at radius 1 is 1.14 bits per heavy atom. The second-order valence-electron chi connectivity index (χ2n) is 6.35. The summed E-state index contributed by atoms with van der Waals surface area (Å²) in [5.74, 6) is 0. The van der Waals surface area contributed by atoms with E-state index in [1.807, 2.05) is 12.1 Å². The van der Waals surface area contributed by atoms with Crippen molar-refractivity contribution in [1.82, 2.24) is 4.90 Å². The third-order valence-corrected chi connectivity index (χ3v) is 5.25. The normalized spacial score (nSPS) is 22.7. The van der Waals surface area contributed by atoms with Crippen molar-refractivity contribution in [3.8, 4) is 0 Å². The van der Waals surface area contributed by atoms with E-state index >= 15 is 0 Å². The zero-order valence-electron chi connectivity index (χ0n) is 12.8. The van der Waals surface area contributed by atoms with Gasteiger partial charge < -0.3 is 10.0 Å². The third kappa shape index (κ3) is 3.36. The number of anilines is 1. The fourth-order valence-corrected chi connectivity index (χ4v) is 3.95. The molecular weight excluding hydrogens is 284 g/mol. The number of halogens is 1. The van der Waals surface area contributed by atoms with Gasteiger partial charge in [0.15, 0.2) is 0 Å². The Bertz CT molecular complexity index is 478. The molecule has 1 N–H and O–H groups in total. The highest BCUT2D eigenvalue weighted by Crippen LogP contribution is 2.31. The maximum Gasteiger partial charge on any atom is 0.0762 e. The number of aliphatic hydroxyl groups excluding tert-OH is 1. The van der Waals surface area contributed by atoms with Gasteiger partial charge in [-0.2, -0.15) is 0 Å². The molecule has 1 aliphatic carbocycles. The van der Waals surface area contributed by atoms with Crippen LogP contribution in [-0.4, -0.2) is 42.2 Å². The van der Waals surface area contributed by atoms with Crippen molar-refractivity contribution >= 4 is 17.3 Å². The van der Waals surface area contributed by atoms with Crippen LogP contribution in [0, 0.1) is 0 Å². The van der Waals surface area contributed by atoms with Crippen molar-refractivity contribution in [2.75, 3.05) is 31.1 Å². The van der Waals surface area contributed by atoms with Crippen LogP contribution in [0.1, 0.15) is 44.3 Å². The largest absolute Gasteiger partial charge is 0.389 e. The van der Waals surface area contributed by atoms with Gasteiger partial charge in [-0.3, -0.25) is 4.90 Å². The maximum atomic E-state index is 9.63. The standard InChI is InChI=1S/C17H25ClN2O/c1-13(21)14-6-7-17(16(18)12-14)20-10-8-19(9-11-20)15-4-2-3-5-15/h6-7,12-13,15,21H,2-5,8-11H2,1H3. The van der Waals surface area contributed by atoms with Crippen LogP contribution in [0.2, 0.25) is 5.02 Å². The molecule has 0 spiro atoms. The first-order chi connectivity index (χ1) is 10.1. The number of piperazine rings is 1. The molecule has 0 radical (unpaired) electrons. The summed E-state index contributed by atoms with van der Waals surface area (Å²) in [4.78, 5) is 5.03. The Kier molecular flexibility index (Phi) is 4.72. The molecule has 0 bridgehead atoms. The van der Waals surface area contributed by atoms with Gasteiger partial charge >= 0.3 is 0 Å². The summed E-state index contributed by atoms with van der Waals surface area (Å²) in [5, 5.41) is 10.4. The van der Waals surface area contributed by atoms with Gasteiger partial charge in [0.1, 0.15) is 0 Å². The highest BCUT2D eigenvalue weighted by molar-refractivity contribution is 6.33.